The first-order chi connectivity index (χ1) is 6.76. The fourth-order valence-corrected chi connectivity index (χ4v) is 1.31. The van der Waals surface area contributed by atoms with E-state index in [0.717, 1.165) is 25.1 Å². The summed E-state index contributed by atoms with van der Waals surface area (Å²) in [6.07, 6.45) is 3.93. The van der Waals surface area contributed by atoms with E-state index in [1.165, 1.54) is 6.07 Å². The van der Waals surface area contributed by atoms with Crippen LogP contribution in [0.2, 0.25) is 0 Å². The van der Waals surface area contributed by atoms with Gasteiger partial charge in [0.2, 0.25) is 0 Å². The first-order valence-electron chi connectivity index (χ1n) is 5.04. The minimum Gasteiger partial charge on any atom is -0.383 e. The highest BCUT2D eigenvalue weighted by molar-refractivity contribution is 5.38. The molecule has 0 unspecified atom stereocenters. The van der Waals surface area contributed by atoms with Gasteiger partial charge in [-0.05, 0) is 5.92 Å². The first-order valence-corrected chi connectivity index (χ1v) is 5.04. The predicted molar refractivity (Wildman–Crippen MR) is 57.4 cm³/mol. The monoisotopic (exact) mass is 195 g/mol. The van der Waals surface area contributed by atoms with Crippen LogP contribution < -0.4 is 10.9 Å². The minimum atomic E-state index is -0.167. The Morgan fingerprint density at radius 1 is 1.50 bits per heavy atom. The van der Waals surface area contributed by atoms with Crippen molar-refractivity contribution in [2.75, 3.05) is 11.9 Å². The molecule has 0 saturated heterocycles. The molecule has 2 N–H and O–H groups in total. The minimum absolute atomic E-state index is 0.167. The van der Waals surface area contributed by atoms with E-state index >= 15 is 0 Å². The fourth-order valence-electron chi connectivity index (χ4n) is 1.31. The predicted octanol–water partition coefficient (Wildman–Crippen LogP) is 1.62. The molecular formula is C10H17N3O. The van der Waals surface area contributed by atoms with Crippen molar-refractivity contribution in [2.45, 2.75) is 26.7 Å². The van der Waals surface area contributed by atoms with Crippen LogP contribution in [0.15, 0.2) is 17.1 Å². The fraction of sp³-hybridized carbons (Fsp3) is 0.600. The lowest BCUT2D eigenvalue weighted by Gasteiger charge is -2.13. The molecule has 4 nitrogen and oxygen atoms in total. The molecule has 0 aromatic carbocycles. The highest BCUT2D eigenvalue weighted by Crippen LogP contribution is 2.08. The van der Waals surface area contributed by atoms with Gasteiger partial charge in [0.15, 0.2) is 0 Å². The van der Waals surface area contributed by atoms with Crippen LogP contribution in [0.4, 0.5) is 5.69 Å². The number of H-pyrrole nitrogens is 1. The van der Waals surface area contributed by atoms with Crippen molar-refractivity contribution in [3.63, 3.8) is 0 Å². The maximum absolute atomic E-state index is 10.9. The van der Waals surface area contributed by atoms with Gasteiger partial charge in [0.25, 0.3) is 5.56 Å². The quantitative estimate of drug-likeness (QED) is 0.750. The second-order valence-electron chi connectivity index (χ2n) is 3.40. The van der Waals surface area contributed by atoms with E-state index in [2.05, 4.69) is 29.4 Å². The Labute approximate surface area is 83.7 Å². The van der Waals surface area contributed by atoms with Crippen molar-refractivity contribution >= 4 is 5.69 Å². The smallest absolute Gasteiger partial charge is 0.266 e. The Morgan fingerprint density at radius 3 is 2.79 bits per heavy atom. The summed E-state index contributed by atoms with van der Waals surface area (Å²) in [5.41, 5.74) is 0.625. The van der Waals surface area contributed by atoms with Gasteiger partial charge in [0.05, 0.1) is 11.9 Å². The maximum atomic E-state index is 10.9. The third kappa shape index (κ3) is 3.20. The zero-order valence-electron chi connectivity index (χ0n) is 8.71. The maximum Gasteiger partial charge on any atom is 0.266 e. The summed E-state index contributed by atoms with van der Waals surface area (Å²) in [4.78, 5) is 10.9. The molecule has 0 atom stereocenters. The van der Waals surface area contributed by atoms with Gasteiger partial charge in [0, 0.05) is 12.6 Å². The summed E-state index contributed by atoms with van der Waals surface area (Å²) < 4.78 is 0. The second kappa shape index (κ2) is 5.42. The van der Waals surface area contributed by atoms with E-state index in [4.69, 9.17) is 0 Å². The third-order valence-corrected chi connectivity index (χ3v) is 2.41. The van der Waals surface area contributed by atoms with Crippen molar-refractivity contribution in [2.24, 2.45) is 5.92 Å². The topological polar surface area (TPSA) is 57.8 Å². The number of aromatic amines is 1. The van der Waals surface area contributed by atoms with Gasteiger partial charge in [-0.1, -0.05) is 26.7 Å². The van der Waals surface area contributed by atoms with Crippen molar-refractivity contribution < 1.29 is 0 Å². The molecule has 78 valence electrons. The Hall–Kier alpha value is -1.32. The molecule has 1 aromatic heterocycles. The van der Waals surface area contributed by atoms with Crippen LogP contribution in [0.3, 0.4) is 0 Å². The van der Waals surface area contributed by atoms with Crippen LogP contribution >= 0.6 is 0 Å². The lowest BCUT2D eigenvalue weighted by atomic mass is 10.0. The van der Waals surface area contributed by atoms with Gasteiger partial charge >= 0.3 is 0 Å². The second-order valence-corrected chi connectivity index (χ2v) is 3.40. The summed E-state index contributed by atoms with van der Waals surface area (Å²) in [6, 6.07) is 1.52. The van der Waals surface area contributed by atoms with Crippen LogP contribution in [0, 0.1) is 5.92 Å². The van der Waals surface area contributed by atoms with Crippen molar-refractivity contribution in [1.82, 2.24) is 10.2 Å². The molecule has 1 rings (SSSR count). The van der Waals surface area contributed by atoms with E-state index in [-0.39, 0.29) is 5.56 Å². The summed E-state index contributed by atoms with van der Waals surface area (Å²) in [6.45, 7) is 5.25. The molecule has 1 aromatic rings. The number of nitrogens with zero attached hydrogens (tertiary/aromatic N) is 1. The van der Waals surface area contributed by atoms with Crippen LogP contribution in [0.1, 0.15) is 26.7 Å². The molecule has 4 heteroatoms. The van der Waals surface area contributed by atoms with Crippen molar-refractivity contribution in [3.05, 3.63) is 22.6 Å². The standard InChI is InChI=1S/C10H17N3O/c1-3-8(4-2)6-11-9-5-10(14)13-12-7-9/h5,7-8H,3-4,6H2,1-2H3,(H2,11,13,14). The summed E-state index contributed by atoms with van der Waals surface area (Å²) >= 11 is 0. The average Bonchev–Trinajstić information content (AvgIpc) is 2.19. The lowest BCUT2D eigenvalue weighted by Crippen LogP contribution is -2.15. The molecule has 0 amide bonds. The van der Waals surface area contributed by atoms with Crippen LogP contribution in [0.5, 0.6) is 0 Å². The summed E-state index contributed by atoms with van der Waals surface area (Å²) in [5, 5.41) is 9.26. The van der Waals surface area contributed by atoms with E-state index in [1.807, 2.05) is 0 Å². The van der Waals surface area contributed by atoms with Gasteiger partial charge in [-0.15, -0.1) is 0 Å². The van der Waals surface area contributed by atoms with E-state index in [1.54, 1.807) is 6.20 Å². The van der Waals surface area contributed by atoms with Crippen LogP contribution in [0.25, 0.3) is 0 Å². The SMILES string of the molecule is CCC(CC)CNc1cn[nH]c(=O)c1. The molecule has 0 aliphatic carbocycles. The molecular weight excluding hydrogens is 178 g/mol. The lowest BCUT2D eigenvalue weighted by molar-refractivity contribution is 0.519. The molecule has 0 radical (unpaired) electrons. The summed E-state index contributed by atoms with van der Waals surface area (Å²) in [7, 11) is 0. The van der Waals surface area contributed by atoms with Gasteiger partial charge in [-0.2, -0.15) is 5.10 Å². The molecule has 1 heterocycles. The highest BCUT2D eigenvalue weighted by Gasteiger charge is 2.02. The molecule has 0 spiro atoms. The van der Waals surface area contributed by atoms with Crippen molar-refractivity contribution in [3.8, 4) is 0 Å². The van der Waals surface area contributed by atoms with E-state index in [9.17, 15) is 4.79 Å². The number of rotatable bonds is 5. The number of aromatic nitrogens is 2. The molecule has 0 fully saturated rings. The molecule has 0 saturated carbocycles. The van der Waals surface area contributed by atoms with Crippen LogP contribution in [-0.2, 0) is 0 Å². The van der Waals surface area contributed by atoms with Gasteiger partial charge in [-0.3, -0.25) is 4.79 Å². The number of anilines is 1. The molecule has 0 aliphatic rings. The first kappa shape index (κ1) is 10.8. The number of nitrogens with one attached hydrogen (secondary N) is 2. The zero-order valence-corrected chi connectivity index (χ0v) is 8.71. The average molecular weight is 195 g/mol. The largest absolute Gasteiger partial charge is 0.383 e. The van der Waals surface area contributed by atoms with Gasteiger partial charge < -0.3 is 5.32 Å². The molecule has 14 heavy (non-hydrogen) atoms. The van der Waals surface area contributed by atoms with Gasteiger partial charge in [0.1, 0.15) is 0 Å². The third-order valence-electron chi connectivity index (χ3n) is 2.41. The van der Waals surface area contributed by atoms with E-state index < -0.39 is 0 Å². The Balaban J connectivity index is 2.49. The highest BCUT2D eigenvalue weighted by atomic mass is 16.1. The van der Waals surface area contributed by atoms with Crippen molar-refractivity contribution in [1.29, 1.82) is 0 Å². The number of hydrogen-bond donors (Lipinski definition) is 2. The Kier molecular flexibility index (Phi) is 4.16. The van der Waals surface area contributed by atoms with Gasteiger partial charge in [-0.25, -0.2) is 5.10 Å². The summed E-state index contributed by atoms with van der Waals surface area (Å²) in [5.74, 6) is 0.661. The van der Waals surface area contributed by atoms with Crippen LogP contribution in [-0.4, -0.2) is 16.7 Å². The Bertz CT molecular complexity index is 317. The Morgan fingerprint density at radius 2 is 2.21 bits per heavy atom. The number of hydrogen-bond acceptors (Lipinski definition) is 3. The molecule has 0 aliphatic heterocycles. The molecule has 0 bridgehead atoms. The van der Waals surface area contributed by atoms with E-state index in [0.29, 0.717) is 5.92 Å². The zero-order chi connectivity index (χ0) is 10.4. The normalized spacial score (nSPS) is 10.5.